The van der Waals surface area contributed by atoms with E-state index in [1.54, 1.807) is 11.0 Å². The van der Waals surface area contributed by atoms with E-state index in [0.717, 1.165) is 6.42 Å². The molecule has 0 unspecified atom stereocenters. The van der Waals surface area contributed by atoms with Gasteiger partial charge in [0, 0.05) is 37.6 Å². The molecule has 2 heterocycles. The maximum Gasteiger partial charge on any atom is 0.227 e. The number of nitrogens with zero attached hydrogens (tertiary/aromatic N) is 2. The first kappa shape index (κ1) is 18.7. The monoisotopic (exact) mass is 370 g/mol. The molecule has 4 rings (SSSR count). The van der Waals surface area contributed by atoms with E-state index in [1.165, 1.54) is 31.3 Å². The molecule has 1 amide bonds. The molecule has 0 saturated carbocycles. The summed E-state index contributed by atoms with van der Waals surface area (Å²) in [6, 6.07) is 5.96. The number of hydrogen-bond acceptors (Lipinski definition) is 5. The summed E-state index contributed by atoms with van der Waals surface area (Å²) in [7, 11) is 0. The Labute approximate surface area is 155 Å². The first-order chi connectivity index (χ1) is 12.9. The molecule has 0 radical (unpaired) electrons. The van der Waals surface area contributed by atoms with Crippen molar-refractivity contribution in [2.45, 2.75) is 32.6 Å². The number of hydrogen-bond donors (Lipinski definition) is 1. The van der Waals surface area contributed by atoms with Gasteiger partial charge in [-0.2, -0.15) is 0 Å². The molecule has 0 spiro atoms. The Kier molecular flexibility index (Phi) is 5.30. The van der Waals surface area contributed by atoms with E-state index in [9.17, 15) is 18.8 Å². The number of ketones is 2. The Morgan fingerprint density at radius 1 is 1.19 bits per heavy atom. The lowest BCUT2D eigenvalue weighted by atomic mass is 10.1. The van der Waals surface area contributed by atoms with Crippen molar-refractivity contribution < 1.29 is 23.9 Å². The van der Waals surface area contributed by atoms with Crippen LogP contribution in [0, 0.1) is 5.82 Å². The Hall–Kier alpha value is -3.09. The smallest absolute Gasteiger partial charge is 0.227 e. The van der Waals surface area contributed by atoms with Gasteiger partial charge in [-0.3, -0.25) is 14.4 Å². The van der Waals surface area contributed by atoms with Gasteiger partial charge >= 0.3 is 0 Å². The van der Waals surface area contributed by atoms with Crippen molar-refractivity contribution >= 4 is 23.2 Å². The fourth-order valence-corrected chi connectivity index (χ4v) is 3.17. The van der Waals surface area contributed by atoms with E-state index in [4.69, 9.17) is 5.11 Å². The minimum absolute atomic E-state index is 0.00907. The Morgan fingerprint density at radius 3 is 2.56 bits per heavy atom. The van der Waals surface area contributed by atoms with Crippen molar-refractivity contribution in [2.24, 2.45) is 0 Å². The summed E-state index contributed by atoms with van der Waals surface area (Å²) in [6.45, 7) is 2.05. The van der Waals surface area contributed by atoms with Gasteiger partial charge in [0.05, 0.1) is 6.20 Å². The van der Waals surface area contributed by atoms with Gasteiger partial charge < -0.3 is 10.0 Å². The molecule has 1 aliphatic heterocycles. The van der Waals surface area contributed by atoms with Gasteiger partial charge in [0.2, 0.25) is 5.91 Å². The van der Waals surface area contributed by atoms with E-state index in [-0.39, 0.29) is 29.0 Å². The normalized spacial score (nSPS) is 15.4. The number of benzene rings is 1. The first-order valence-electron chi connectivity index (χ1n) is 8.68. The predicted molar refractivity (Wildman–Crippen MR) is 96.5 cm³/mol. The second-order valence-electron chi connectivity index (χ2n) is 6.48. The van der Waals surface area contributed by atoms with Gasteiger partial charge in [0.15, 0.2) is 11.6 Å². The largest absolute Gasteiger partial charge is 0.506 e. The molecule has 1 fully saturated rings. The highest BCUT2D eigenvalue weighted by Crippen LogP contribution is 2.31. The molecule has 1 aromatic carbocycles. The van der Waals surface area contributed by atoms with Crippen molar-refractivity contribution in [3.8, 4) is 5.75 Å². The van der Waals surface area contributed by atoms with Gasteiger partial charge in [0.25, 0.3) is 0 Å². The lowest BCUT2D eigenvalue weighted by Crippen LogP contribution is -2.24. The number of carbonyl (C=O) groups is 3. The summed E-state index contributed by atoms with van der Waals surface area (Å²) >= 11 is 0. The molecule has 0 bridgehead atoms. The molecule has 1 saturated heterocycles. The Morgan fingerprint density at radius 2 is 1.96 bits per heavy atom. The molecule has 27 heavy (non-hydrogen) atoms. The lowest BCUT2D eigenvalue weighted by Gasteiger charge is -2.17. The highest BCUT2D eigenvalue weighted by Gasteiger charge is 2.27. The molecular formula is C20H19FN2O4. The van der Waals surface area contributed by atoms with Crippen molar-refractivity contribution in [2.75, 3.05) is 11.4 Å². The first-order valence-corrected chi connectivity index (χ1v) is 8.68. The number of aromatic hydroxyl groups is 1. The van der Waals surface area contributed by atoms with Gasteiger partial charge in [0.1, 0.15) is 17.3 Å². The maximum atomic E-state index is 13.8. The number of fused-ring (bicyclic) bond motifs is 1. The maximum absolute atomic E-state index is 13.8. The molecule has 1 aromatic heterocycles. The van der Waals surface area contributed by atoms with Crippen LogP contribution in [0.3, 0.4) is 0 Å². The minimum atomic E-state index is -0.358. The van der Waals surface area contributed by atoms with Crippen molar-refractivity contribution in [1.29, 1.82) is 0 Å². The number of halogens is 1. The molecule has 1 aliphatic carbocycles. The van der Waals surface area contributed by atoms with Crippen molar-refractivity contribution in [1.82, 2.24) is 4.98 Å². The second-order valence-corrected chi connectivity index (χ2v) is 6.48. The average molecular weight is 370 g/mol. The molecule has 0 atom stereocenters. The minimum Gasteiger partial charge on any atom is -0.506 e. The molecule has 140 valence electrons. The average Bonchev–Trinajstić information content (AvgIpc) is 3.22. The van der Waals surface area contributed by atoms with E-state index >= 15 is 0 Å². The zero-order chi connectivity index (χ0) is 19.6. The third-order valence-corrected chi connectivity index (χ3v) is 4.58. The number of anilines is 1. The van der Waals surface area contributed by atoms with Crippen LogP contribution in [0.15, 0.2) is 30.5 Å². The number of aromatic nitrogens is 1. The van der Waals surface area contributed by atoms with Crippen LogP contribution in [-0.4, -0.2) is 34.1 Å². The summed E-state index contributed by atoms with van der Waals surface area (Å²) in [4.78, 5) is 39.0. The third-order valence-electron chi connectivity index (χ3n) is 4.58. The van der Waals surface area contributed by atoms with Crippen LogP contribution in [0.2, 0.25) is 0 Å². The number of amides is 1. The van der Waals surface area contributed by atoms with Crippen molar-refractivity contribution in [3.63, 3.8) is 0 Å². The van der Waals surface area contributed by atoms with Crippen molar-refractivity contribution in [3.05, 3.63) is 53.1 Å². The van der Waals surface area contributed by atoms with Crippen LogP contribution in [0.1, 0.15) is 52.6 Å². The van der Waals surface area contributed by atoms with E-state index in [0.29, 0.717) is 48.3 Å². The summed E-state index contributed by atoms with van der Waals surface area (Å²) in [5.41, 5.74) is 1.86. The standard InChI is InChI=1S/C13H12FNO2.C7H7NO2/c14-11-7-8(15-5-1-2-13(15)17)6-10-9(11)3-4-12(10)16;1-5(9)7-3-2-6(10)4-8-7/h6-7H,1-5H2;2-4,10H,1H3. The highest BCUT2D eigenvalue weighted by molar-refractivity contribution is 6.03. The van der Waals surface area contributed by atoms with Crippen LogP contribution < -0.4 is 4.90 Å². The highest BCUT2D eigenvalue weighted by atomic mass is 19.1. The fourth-order valence-electron chi connectivity index (χ4n) is 3.17. The van der Waals surface area contributed by atoms with E-state index in [2.05, 4.69) is 4.98 Å². The lowest BCUT2D eigenvalue weighted by molar-refractivity contribution is -0.117. The number of pyridine rings is 1. The molecule has 2 aromatic rings. The van der Waals surface area contributed by atoms with Crippen LogP contribution in [-0.2, 0) is 11.2 Å². The Bertz CT molecular complexity index is 909. The zero-order valence-electron chi connectivity index (χ0n) is 14.9. The van der Waals surface area contributed by atoms with Crippen LogP contribution in [0.4, 0.5) is 10.1 Å². The van der Waals surface area contributed by atoms with E-state index in [1.807, 2.05) is 0 Å². The Balaban J connectivity index is 0.000000180. The molecule has 2 aliphatic rings. The summed E-state index contributed by atoms with van der Waals surface area (Å²) in [5.74, 6) is -0.393. The summed E-state index contributed by atoms with van der Waals surface area (Å²) in [6.07, 6.45) is 3.41. The van der Waals surface area contributed by atoms with Crippen LogP contribution in [0.5, 0.6) is 5.75 Å². The van der Waals surface area contributed by atoms with E-state index < -0.39 is 0 Å². The summed E-state index contributed by atoms with van der Waals surface area (Å²) in [5, 5.41) is 8.76. The predicted octanol–water partition coefficient (Wildman–Crippen LogP) is 3.07. The van der Waals surface area contributed by atoms with Crippen LogP contribution in [0.25, 0.3) is 0 Å². The molecule has 1 N–H and O–H groups in total. The number of Topliss-reactive ketones (excluding diaryl/α,β-unsaturated/α-hetero) is 2. The molecule has 6 nitrogen and oxygen atoms in total. The van der Waals surface area contributed by atoms with Gasteiger partial charge in [-0.15, -0.1) is 0 Å². The number of carbonyl (C=O) groups excluding carboxylic acids is 3. The number of rotatable bonds is 2. The topological polar surface area (TPSA) is 87.6 Å². The van der Waals surface area contributed by atoms with Gasteiger partial charge in [-0.05, 0) is 42.7 Å². The SMILES string of the molecule is CC(=O)c1ccc(O)cn1.O=C1CCc2c(F)cc(N3CCCC3=O)cc21. The third kappa shape index (κ3) is 4.02. The zero-order valence-corrected chi connectivity index (χ0v) is 14.9. The quantitative estimate of drug-likeness (QED) is 0.821. The van der Waals surface area contributed by atoms with Gasteiger partial charge in [-0.25, -0.2) is 9.37 Å². The summed E-state index contributed by atoms with van der Waals surface area (Å²) < 4.78 is 13.8. The second kappa shape index (κ2) is 7.65. The van der Waals surface area contributed by atoms with Gasteiger partial charge in [-0.1, -0.05) is 0 Å². The molecular weight excluding hydrogens is 351 g/mol. The fraction of sp³-hybridized carbons (Fsp3) is 0.300. The van der Waals surface area contributed by atoms with Crippen LogP contribution >= 0.6 is 0 Å². The molecule has 7 heteroatoms.